The van der Waals surface area contributed by atoms with Gasteiger partial charge in [-0.1, -0.05) is 24.3 Å². The summed E-state index contributed by atoms with van der Waals surface area (Å²) >= 11 is 0. The molecule has 1 aromatic heterocycles. The number of pyridine rings is 1. The molecule has 5 rings (SSSR count). The highest BCUT2D eigenvalue weighted by Gasteiger charge is 2.47. The molecule has 1 aliphatic carbocycles. The first kappa shape index (κ1) is 18.6. The third kappa shape index (κ3) is 3.51. The van der Waals surface area contributed by atoms with Crippen molar-refractivity contribution >= 4 is 11.6 Å². The molecule has 2 aromatic rings. The van der Waals surface area contributed by atoms with Crippen LogP contribution < -0.4 is 10.2 Å². The van der Waals surface area contributed by atoms with Gasteiger partial charge in [0.2, 0.25) is 0 Å². The lowest BCUT2D eigenvalue weighted by Gasteiger charge is -2.39. The number of amides is 1. The Morgan fingerprint density at radius 3 is 2.66 bits per heavy atom. The molecule has 2 fully saturated rings. The van der Waals surface area contributed by atoms with E-state index in [1.807, 2.05) is 12.1 Å². The van der Waals surface area contributed by atoms with Crippen molar-refractivity contribution in [2.24, 2.45) is 5.41 Å². The van der Waals surface area contributed by atoms with Crippen molar-refractivity contribution in [3.8, 4) is 0 Å². The summed E-state index contributed by atoms with van der Waals surface area (Å²) in [5.41, 5.74) is 4.13. The van der Waals surface area contributed by atoms with Gasteiger partial charge in [0, 0.05) is 43.6 Å². The Bertz CT molecular complexity index is 888. The summed E-state index contributed by atoms with van der Waals surface area (Å²) in [5.74, 6) is -0.104. The number of aromatic nitrogens is 1. The van der Waals surface area contributed by atoms with E-state index in [1.54, 1.807) is 6.20 Å². The van der Waals surface area contributed by atoms with Gasteiger partial charge in [-0.2, -0.15) is 0 Å². The van der Waals surface area contributed by atoms with E-state index < -0.39 is 0 Å². The summed E-state index contributed by atoms with van der Waals surface area (Å²) in [5, 5.41) is 3.34. The molecule has 3 aliphatic rings. The van der Waals surface area contributed by atoms with Crippen molar-refractivity contribution in [3.05, 3.63) is 59.4 Å². The predicted molar refractivity (Wildman–Crippen MR) is 110 cm³/mol. The van der Waals surface area contributed by atoms with E-state index in [0.717, 1.165) is 51.3 Å². The van der Waals surface area contributed by atoms with Gasteiger partial charge >= 0.3 is 0 Å². The Morgan fingerprint density at radius 1 is 1.07 bits per heavy atom. The zero-order chi connectivity index (χ0) is 19.7. The van der Waals surface area contributed by atoms with Crippen LogP contribution >= 0.6 is 0 Å². The van der Waals surface area contributed by atoms with E-state index in [2.05, 4.69) is 39.5 Å². The van der Waals surface area contributed by atoms with Crippen molar-refractivity contribution in [2.45, 2.75) is 25.3 Å². The number of nitrogens with zero attached hydrogens (tertiary/aromatic N) is 2. The number of hydrogen-bond donors (Lipinski definition) is 1. The van der Waals surface area contributed by atoms with Crippen molar-refractivity contribution in [1.82, 2.24) is 10.3 Å². The van der Waals surface area contributed by atoms with Gasteiger partial charge < -0.3 is 19.7 Å². The molecular weight excluding hydrogens is 366 g/mol. The minimum Gasteiger partial charge on any atom is -0.381 e. The maximum Gasteiger partial charge on any atom is 0.270 e. The van der Waals surface area contributed by atoms with Gasteiger partial charge in [-0.3, -0.25) is 9.78 Å². The number of carbonyl (C=O) groups is 1. The van der Waals surface area contributed by atoms with Gasteiger partial charge in [0.25, 0.3) is 5.91 Å². The third-order valence-electron chi connectivity index (χ3n) is 6.64. The number of ether oxygens (including phenoxy) is 2. The van der Waals surface area contributed by atoms with Crippen molar-refractivity contribution in [3.63, 3.8) is 0 Å². The Morgan fingerprint density at radius 2 is 1.83 bits per heavy atom. The van der Waals surface area contributed by atoms with E-state index in [-0.39, 0.29) is 17.4 Å². The largest absolute Gasteiger partial charge is 0.381 e. The summed E-state index contributed by atoms with van der Waals surface area (Å²) in [6, 6.07) is 12.4. The van der Waals surface area contributed by atoms with Crippen molar-refractivity contribution < 1.29 is 14.3 Å². The second-order valence-electron chi connectivity index (χ2n) is 8.26. The number of morpholine rings is 1. The summed E-state index contributed by atoms with van der Waals surface area (Å²) < 4.78 is 11.1. The summed E-state index contributed by atoms with van der Waals surface area (Å²) in [7, 11) is 0. The highest BCUT2D eigenvalue weighted by Crippen LogP contribution is 2.51. The predicted octanol–water partition coefficient (Wildman–Crippen LogP) is 2.74. The van der Waals surface area contributed by atoms with E-state index in [9.17, 15) is 4.79 Å². The topological polar surface area (TPSA) is 63.7 Å². The first-order valence-electron chi connectivity index (χ1n) is 10.5. The van der Waals surface area contributed by atoms with Crippen LogP contribution in [0.5, 0.6) is 0 Å². The van der Waals surface area contributed by atoms with E-state index in [4.69, 9.17) is 9.47 Å². The Kier molecular flexibility index (Phi) is 4.97. The molecule has 3 heterocycles. The fourth-order valence-corrected chi connectivity index (χ4v) is 5.03. The zero-order valence-electron chi connectivity index (χ0n) is 16.6. The van der Waals surface area contributed by atoms with Crippen LogP contribution in [0.3, 0.4) is 0 Å². The lowest BCUT2D eigenvalue weighted by atomic mass is 9.74. The molecule has 6 nitrogen and oxygen atoms in total. The Labute approximate surface area is 171 Å². The van der Waals surface area contributed by atoms with E-state index in [1.165, 1.54) is 11.1 Å². The van der Waals surface area contributed by atoms with E-state index in [0.29, 0.717) is 18.9 Å². The van der Waals surface area contributed by atoms with Crippen LogP contribution in [0.1, 0.15) is 40.5 Å². The van der Waals surface area contributed by atoms with Crippen LogP contribution in [0.2, 0.25) is 0 Å². The van der Waals surface area contributed by atoms with Gasteiger partial charge in [0.05, 0.1) is 19.3 Å². The maximum atomic E-state index is 13.2. The molecule has 1 unspecified atom stereocenters. The fourth-order valence-electron chi connectivity index (χ4n) is 5.03. The van der Waals surface area contributed by atoms with E-state index >= 15 is 0 Å². The summed E-state index contributed by atoms with van der Waals surface area (Å²) in [4.78, 5) is 19.8. The molecular formula is C23H27N3O3. The molecule has 1 amide bonds. The molecule has 29 heavy (non-hydrogen) atoms. The first-order valence-corrected chi connectivity index (χ1v) is 10.5. The number of carbonyl (C=O) groups excluding carboxylic acids is 1. The maximum absolute atomic E-state index is 13.2. The van der Waals surface area contributed by atoms with Gasteiger partial charge in [0.1, 0.15) is 5.69 Å². The molecule has 1 spiro atoms. The smallest absolute Gasteiger partial charge is 0.270 e. The van der Waals surface area contributed by atoms with Crippen LogP contribution in [0.25, 0.3) is 0 Å². The lowest BCUT2D eigenvalue weighted by molar-refractivity contribution is 0.000512. The number of rotatable bonds is 3. The van der Waals surface area contributed by atoms with Gasteiger partial charge in [0.15, 0.2) is 0 Å². The number of nitrogens with one attached hydrogen (secondary N) is 1. The average molecular weight is 393 g/mol. The second-order valence-corrected chi connectivity index (χ2v) is 8.26. The first-order chi connectivity index (χ1) is 14.3. The third-order valence-corrected chi connectivity index (χ3v) is 6.64. The quantitative estimate of drug-likeness (QED) is 0.869. The van der Waals surface area contributed by atoms with Crippen LogP contribution in [0.4, 0.5) is 5.69 Å². The summed E-state index contributed by atoms with van der Waals surface area (Å²) in [6.07, 6.45) is 4.66. The minimum absolute atomic E-state index is 0.00365. The molecule has 0 radical (unpaired) electrons. The molecule has 1 N–H and O–H groups in total. The van der Waals surface area contributed by atoms with Crippen LogP contribution in [-0.4, -0.2) is 50.4 Å². The molecule has 0 saturated carbocycles. The normalized spacial score (nSPS) is 23.0. The highest BCUT2D eigenvalue weighted by molar-refractivity contribution is 5.93. The second kappa shape index (κ2) is 7.76. The Hall–Kier alpha value is -2.44. The number of anilines is 1. The molecule has 2 aliphatic heterocycles. The zero-order valence-corrected chi connectivity index (χ0v) is 16.6. The van der Waals surface area contributed by atoms with Gasteiger partial charge in [-0.15, -0.1) is 0 Å². The SMILES string of the molecule is O=C(NC1c2ccccc2CC12CCOCC2)c1cc(N2CCOCC2)ccn1. The highest BCUT2D eigenvalue weighted by atomic mass is 16.5. The molecule has 1 aromatic carbocycles. The van der Waals surface area contributed by atoms with Crippen molar-refractivity contribution in [2.75, 3.05) is 44.4 Å². The van der Waals surface area contributed by atoms with Crippen LogP contribution in [-0.2, 0) is 15.9 Å². The van der Waals surface area contributed by atoms with Crippen molar-refractivity contribution in [1.29, 1.82) is 0 Å². The standard InChI is InChI=1S/C23H27N3O3/c27-22(20-15-18(5-8-24-20)26-9-13-29-14-10-26)25-21-19-4-2-1-3-17(19)16-23(21)6-11-28-12-7-23/h1-5,8,15,21H,6-7,9-14,16H2,(H,25,27). The lowest BCUT2D eigenvalue weighted by Crippen LogP contribution is -2.42. The number of hydrogen-bond acceptors (Lipinski definition) is 5. The number of benzene rings is 1. The van der Waals surface area contributed by atoms with Gasteiger partial charge in [-0.05, 0) is 42.5 Å². The average Bonchev–Trinajstić information content (AvgIpc) is 3.07. The number of fused-ring (bicyclic) bond motifs is 1. The fraction of sp³-hybridized carbons (Fsp3) is 0.478. The van der Waals surface area contributed by atoms with Crippen LogP contribution in [0.15, 0.2) is 42.6 Å². The van der Waals surface area contributed by atoms with Gasteiger partial charge in [-0.25, -0.2) is 0 Å². The monoisotopic (exact) mass is 393 g/mol. The minimum atomic E-state index is -0.104. The molecule has 152 valence electrons. The molecule has 1 atom stereocenters. The molecule has 2 saturated heterocycles. The van der Waals surface area contributed by atoms with Crippen LogP contribution in [0, 0.1) is 5.41 Å². The molecule has 0 bridgehead atoms. The molecule has 6 heteroatoms. The Balaban J connectivity index is 1.40. The summed E-state index contributed by atoms with van der Waals surface area (Å²) in [6.45, 7) is 4.62.